The fourth-order valence-corrected chi connectivity index (χ4v) is 6.30. The van der Waals surface area contributed by atoms with Crippen molar-refractivity contribution < 1.29 is 32.9 Å². The molecule has 0 bridgehead atoms. The maximum Gasteiger partial charge on any atom is 0.472 e. The fraction of sp³-hybridized carbons (Fsp3) is 0.829. The summed E-state index contributed by atoms with van der Waals surface area (Å²) in [5.41, 5.74) is 0. The van der Waals surface area contributed by atoms with Gasteiger partial charge in [0, 0.05) is 6.42 Å². The van der Waals surface area contributed by atoms with Crippen molar-refractivity contribution in [2.24, 2.45) is 0 Å². The Kier molecular flexibility index (Phi) is 32.7. The number of carbonyl (C=O) groups excluding carboxylic acids is 1. The summed E-state index contributed by atoms with van der Waals surface area (Å²) in [7, 11) is 1.54. The van der Waals surface area contributed by atoms with Crippen LogP contribution in [0.1, 0.15) is 168 Å². The number of aliphatic hydroxyl groups excluding tert-OH is 1. The van der Waals surface area contributed by atoms with Gasteiger partial charge in [0.15, 0.2) is 0 Å². The highest BCUT2D eigenvalue weighted by atomic mass is 31.2. The number of amides is 1. The Morgan fingerprint density at radius 1 is 0.680 bits per heavy atom. The molecule has 0 rings (SSSR count). The summed E-state index contributed by atoms with van der Waals surface area (Å²) >= 11 is 0. The van der Waals surface area contributed by atoms with Gasteiger partial charge in [-0.25, -0.2) is 4.57 Å². The second kappa shape index (κ2) is 33.5. The van der Waals surface area contributed by atoms with Crippen molar-refractivity contribution in [2.75, 3.05) is 40.9 Å². The monoisotopic (exact) mass is 728 g/mol. The molecule has 0 aliphatic heterocycles. The third-order valence-corrected chi connectivity index (χ3v) is 9.87. The van der Waals surface area contributed by atoms with Crippen LogP contribution in [0, 0.1) is 0 Å². The number of nitrogens with one attached hydrogen (secondary N) is 1. The molecule has 294 valence electrons. The lowest BCUT2D eigenvalue weighted by Gasteiger charge is -2.25. The number of rotatable bonds is 36. The quantitative estimate of drug-likeness (QED) is 0.0195. The van der Waals surface area contributed by atoms with Crippen LogP contribution in [0.25, 0.3) is 0 Å². The summed E-state index contributed by atoms with van der Waals surface area (Å²) in [4.78, 5) is 23.0. The Balaban J connectivity index is 4.50. The molecule has 0 saturated carbocycles. The molecule has 1 unspecified atom stereocenters. The minimum absolute atomic E-state index is 0.0522. The Hall–Kier alpha value is -1.28. The predicted molar refractivity (Wildman–Crippen MR) is 212 cm³/mol. The summed E-state index contributed by atoms with van der Waals surface area (Å²) in [6, 6.07) is -0.877. The number of hydrogen-bond acceptors (Lipinski definition) is 5. The van der Waals surface area contributed by atoms with Crippen molar-refractivity contribution in [1.29, 1.82) is 0 Å². The van der Waals surface area contributed by atoms with Gasteiger partial charge in [0.25, 0.3) is 0 Å². The molecule has 0 aliphatic rings. The van der Waals surface area contributed by atoms with Gasteiger partial charge in [0.1, 0.15) is 13.2 Å². The highest BCUT2D eigenvalue weighted by Crippen LogP contribution is 2.43. The first kappa shape index (κ1) is 48.7. The zero-order valence-corrected chi connectivity index (χ0v) is 34.0. The predicted octanol–water partition coefficient (Wildman–Crippen LogP) is 10.7. The molecule has 0 aliphatic carbocycles. The average molecular weight is 728 g/mol. The number of aliphatic hydroxyl groups is 1. The topological polar surface area (TPSA) is 105 Å². The van der Waals surface area contributed by atoms with E-state index in [9.17, 15) is 19.4 Å². The summed E-state index contributed by atoms with van der Waals surface area (Å²) in [5, 5.41) is 13.7. The third-order valence-electron chi connectivity index (χ3n) is 8.89. The normalized spacial score (nSPS) is 14.9. The lowest BCUT2D eigenvalue weighted by atomic mass is 10.1. The molecule has 1 amide bonds. The van der Waals surface area contributed by atoms with E-state index >= 15 is 0 Å². The standard InChI is InChI=1S/C41H79N2O6P/c1-6-8-10-12-14-16-18-19-20-21-22-23-25-27-29-31-33-35-41(45)42-39(38-49-50(46,47)48-37-36-43(3,4)5)40(44)34-32-30-28-26-24-17-15-13-11-9-7-2/h19-20,28,30,32,34,39-40,44H,6-18,21-27,29,31,33,35-38H2,1-5H3,(H-,42,45,46,47)/p+1/b20-19+,30-28+,34-32+/t39-,40+/m0/s1. The summed E-state index contributed by atoms with van der Waals surface area (Å²) in [5.74, 6) is -0.202. The van der Waals surface area contributed by atoms with Gasteiger partial charge >= 0.3 is 7.82 Å². The molecule has 8 nitrogen and oxygen atoms in total. The van der Waals surface area contributed by atoms with Gasteiger partial charge in [-0.05, 0) is 44.9 Å². The largest absolute Gasteiger partial charge is 0.472 e. The van der Waals surface area contributed by atoms with E-state index in [-0.39, 0.29) is 19.1 Å². The zero-order chi connectivity index (χ0) is 37.2. The molecule has 0 fully saturated rings. The van der Waals surface area contributed by atoms with Gasteiger partial charge in [0.05, 0.1) is 39.9 Å². The van der Waals surface area contributed by atoms with Gasteiger partial charge in [-0.2, -0.15) is 0 Å². The van der Waals surface area contributed by atoms with E-state index in [1.165, 1.54) is 116 Å². The molecule has 50 heavy (non-hydrogen) atoms. The van der Waals surface area contributed by atoms with E-state index in [1.54, 1.807) is 12.2 Å². The van der Waals surface area contributed by atoms with Gasteiger partial charge in [-0.15, -0.1) is 0 Å². The zero-order valence-electron chi connectivity index (χ0n) is 33.1. The van der Waals surface area contributed by atoms with Crippen molar-refractivity contribution in [3.8, 4) is 0 Å². The number of nitrogens with zero attached hydrogens (tertiary/aromatic N) is 1. The molecule has 0 spiro atoms. The van der Waals surface area contributed by atoms with Crippen molar-refractivity contribution in [2.45, 2.75) is 180 Å². The van der Waals surface area contributed by atoms with Crippen LogP contribution in [0.3, 0.4) is 0 Å². The molecule has 0 aromatic carbocycles. The van der Waals surface area contributed by atoms with Crippen LogP contribution in [0.2, 0.25) is 0 Å². The van der Waals surface area contributed by atoms with Crippen LogP contribution < -0.4 is 5.32 Å². The Bertz CT molecular complexity index is 917. The Labute approximate surface area is 308 Å². The van der Waals surface area contributed by atoms with Crippen molar-refractivity contribution in [3.63, 3.8) is 0 Å². The smallest absolute Gasteiger partial charge is 0.387 e. The van der Waals surface area contributed by atoms with Gasteiger partial charge in [0.2, 0.25) is 5.91 Å². The second-order valence-electron chi connectivity index (χ2n) is 15.0. The molecular weight excluding hydrogens is 647 g/mol. The number of likely N-dealkylation sites (N-methyl/N-ethyl adjacent to an activating group) is 1. The fourth-order valence-electron chi connectivity index (χ4n) is 5.56. The number of unbranched alkanes of at least 4 members (excludes halogenated alkanes) is 20. The number of hydrogen-bond donors (Lipinski definition) is 3. The minimum atomic E-state index is -4.34. The number of phosphoric ester groups is 1. The molecule has 3 atom stereocenters. The van der Waals surface area contributed by atoms with Crippen LogP contribution in [-0.2, 0) is 18.4 Å². The van der Waals surface area contributed by atoms with E-state index in [0.29, 0.717) is 17.4 Å². The second-order valence-corrected chi connectivity index (χ2v) is 16.5. The first-order valence-electron chi connectivity index (χ1n) is 20.4. The Morgan fingerprint density at radius 3 is 1.64 bits per heavy atom. The molecular formula is C41H80N2O6P+. The highest BCUT2D eigenvalue weighted by Gasteiger charge is 2.27. The number of phosphoric acid groups is 1. The van der Waals surface area contributed by atoms with Gasteiger partial charge in [-0.3, -0.25) is 13.8 Å². The summed E-state index contributed by atoms with van der Waals surface area (Å²) in [6.07, 6.45) is 39.3. The summed E-state index contributed by atoms with van der Waals surface area (Å²) < 4.78 is 23.4. The van der Waals surface area contributed by atoms with Crippen LogP contribution in [0.15, 0.2) is 36.5 Å². The van der Waals surface area contributed by atoms with E-state index < -0.39 is 20.0 Å². The van der Waals surface area contributed by atoms with Crippen LogP contribution in [0.4, 0.5) is 0 Å². The van der Waals surface area contributed by atoms with E-state index in [1.807, 2.05) is 27.2 Å². The van der Waals surface area contributed by atoms with Gasteiger partial charge < -0.3 is 19.8 Å². The molecule has 0 saturated heterocycles. The first-order chi connectivity index (χ1) is 24.0. The number of quaternary nitrogens is 1. The molecule has 0 aromatic heterocycles. The lowest BCUT2D eigenvalue weighted by Crippen LogP contribution is -2.45. The van der Waals surface area contributed by atoms with Gasteiger partial charge in [-0.1, -0.05) is 153 Å². The highest BCUT2D eigenvalue weighted by molar-refractivity contribution is 7.47. The molecule has 0 heterocycles. The van der Waals surface area contributed by atoms with E-state index in [4.69, 9.17) is 9.05 Å². The van der Waals surface area contributed by atoms with Crippen LogP contribution in [-0.4, -0.2) is 73.4 Å². The van der Waals surface area contributed by atoms with Crippen molar-refractivity contribution in [1.82, 2.24) is 5.32 Å². The molecule has 0 radical (unpaired) electrons. The average Bonchev–Trinajstić information content (AvgIpc) is 3.06. The van der Waals surface area contributed by atoms with Crippen molar-refractivity contribution in [3.05, 3.63) is 36.5 Å². The minimum Gasteiger partial charge on any atom is -0.387 e. The molecule has 9 heteroatoms. The van der Waals surface area contributed by atoms with E-state index in [0.717, 1.165) is 32.1 Å². The van der Waals surface area contributed by atoms with Crippen LogP contribution in [0.5, 0.6) is 0 Å². The lowest BCUT2D eigenvalue weighted by molar-refractivity contribution is -0.870. The SMILES string of the molecule is CCCCCCCC/C=C/CCCCCCCCCC(=O)N[C@@H](COP(=O)(O)OCC[N+](C)(C)C)[C@H](O)/C=C/C=C/CCCCCCCCC. The summed E-state index contributed by atoms with van der Waals surface area (Å²) in [6.45, 7) is 4.73. The first-order valence-corrected chi connectivity index (χ1v) is 21.9. The maximum atomic E-state index is 12.8. The number of allylic oxidation sites excluding steroid dienone is 5. The number of carbonyl (C=O) groups is 1. The molecule has 3 N–H and O–H groups in total. The van der Waals surface area contributed by atoms with Crippen LogP contribution >= 0.6 is 7.82 Å². The third kappa shape index (κ3) is 35.1. The maximum absolute atomic E-state index is 12.8. The van der Waals surface area contributed by atoms with E-state index in [2.05, 4.69) is 37.4 Å². The molecule has 0 aromatic rings. The van der Waals surface area contributed by atoms with Crippen molar-refractivity contribution >= 4 is 13.7 Å². The Morgan fingerprint density at radius 2 is 1.14 bits per heavy atom.